The van der Waals surface area contributed by atoms with Crippen molar-refractivity contribution >= 4 is 40.4 Å². The highest BCUT2D eigenvalue weighted by atomic mass is 35.5. The van der Waals surface area contributed by atoms with Gasteiger partial charge in [-0.25, -0.2) is 4.90 Å². The van der Waals surface area contributed by atoms with Gasteiger partial charge in [0.2, 0.25) is 0 Å². The molecule has 156 valence electrons. The van der Waals surface area contributed by atoms with Crippen molar-refractivity contribution in [3.63, 3.8) is 0 Å². The summed E-state index contributed by atoms with van der Waals surface area (Å²) in [5.74, 6) is -0.389. The minimum Gasteiger partial charge on any atom is -0.492 e. The molecule has 1 N–H and O–H groups in total. The number of imide groups is 1. The Balaban J connectivity index is 1.85. The predicted molar refractivity (Wildman–Crippen MR) is 123 cm³/mol. The second-order valence-electron chi connectivity index (χ2n) is 7.05. The number of nitrogens with one attached hydrogen (secondary N) is 1. The summed E-state index contributed by atoms with van der Waals surface area (Å²) in [6.07, 6.45) is 0. The zero-order valence-electron chi connectivity index (χ0n) is 17.2. The Labute approximate surface area is 185 Å². The van der Waals surface area contributed by atoms with Gasteiger partial charge in [-0.1, -0.05) is 60.1 Å². The molecule has 0 aliphatic carbocycles. The summed E-state index contributed by atoms with van der Waals surface area (Å²) in [5.41, 5.74) is 3.13. The average Bonchev–Trinajstić information content (AvgIpc) is 3.01. The van der Waals surface area contributed by atoms with E-state index in [0.717, 1.165) is 10.5 Å². The van der Waals surface area contributed by atoms with Crippen molar-refractivity contribution in [2.75, 3.05) is 16.8 Å². The van der Waals surface area contributed by atoms with Crippen molar-refractivity contribution < 1.29 is 14.3 Å². The Morgan fingerprint density at radius 2 is 1.65 bits per heavy atom. The van der Waals surface area contributed by atoms with Crippen LogP contribution in [0.1, 0.15) is 18.1 Å². The van der Waals surface area contributed by atoms with Crippen LogP contribution in [0.4, 0.5) is 11.4 Å². The summed E-state index contributed by atoms with van der Waals surface area (Å²) >= 11 is 6.17. The molecule has 1 aliphatic rings. The first-order chi connectivity index (χ1) is 15.0. The topological polar surface area (TPSA) is 58.6 Å². The lowest BCUT2D eigenvalue weighted by atomic mass is 10.0. The fourth-order valence-electron chi connectivity index (χ4n) is 3.52. The Hall–Kier alpha value is -3.57. The molecule has 5 nitrogen and oxygen atoms in total. The molecule has 0 radical (unpaired) electrons. The molecule has 31 heavy (non-hydrogen) atoms. The van der Waals surface area contributed by atoms with Gasteiger partial charge in [-0.15, -0.1) is 0 Å². The maximum atomic E-state index is 13.6. The number of nitrogens with zero attached hydrogens (tertiary/aromatic N) is 1. The number of amides is 2. The van der Waals surface area contributed by atoms with Gasteiger partial charge in [0.05, 0.1) is 17.9 Å². The van der Waals surface area contributed by atoms with Crippen LogP contribution in [0, 0.1) is 6.92 Å². The highest BCUT2D eigenvalue weighted by Gasteiger charge is 2.41. The number of anilines is 2. The molecule has 0 bridgehead atoms. The van der Waals surface area contributed by atoms with E-state index >= 15 is 0 Å². The molecular formula is C25H21ClN2O3. The summed E-state index contributed by atoms with van der Waals surface area (Å²) in [6.45, 7) is 4.18. The van der Waals surface area contributed by atoms with Gasteiger partial charge in [0.1, 0.15) is 11.4 Å². The Bertz CT molecular complexity index is 1190. The number of carbonyl (C=O) groups is 2. The average molecular weight is 433 g/mol. The molecule has 0 saturated heterocycles. The lowest BCUT2D eigenvalue weighted by Crippen LogP contribution is -2.32. The highest BCUT2D eigenvalue weighted by Crippen LogP contribution is 2.38. The number of carbonyl (C=O) groups excluding carboxylic acids is 2. The first-order valence-corrected chi connectivity index (χ1v) is 10.3. The van der Waals surface area contributed by atoms with Crippen molar-refractivity contribution in [1.82, 2.24) is 0 Å². The van der Waals surface area contributed by atoms with Crippen LogP contribution in [0.25, 0.3) is 5.57 Å². The summed E-state index contributed by atoms with van der Waals surface area (Å²) < 4.78 is 5.67. The molecule has 1 aliphatic heterocycles. The molecule has 3 aromatic carbocycles. The first-order valence-electron chi connectivity index (χ1n) is 9.94. The maximum Gasteiger partial charge on any atom is 0.282 e. The van der Waals surface area contributed by atoms with Gasteiger partial charge in [-0.2, -0.15) is 0 Å². The number of hydrogen-bond donors (Lipinski definition) is 1. The van der Waals surface area contributed by atoms with Crippen LogP contribution in [-0.4, -0.2) is 18.4 Å². The standard InChI is InChI=1S/C25H21ClN2O3/c1-3-31-21-12-8-7-11-20(21)28-24(29)22(17-9-5-4-6-10-17)23(25(28)30)27-19-15-18(26)14-13-16(19)2/h4-15,27H,3H2,1-2H3. The predicted octanol–water partition coefficient (Wildman–Crippen LogP) is 5.44. The minimum absolute atomic E-state index is 0.202. The summed E-state index contributed by atoms with van der Waals surface area (Å²) in [6, 6.07) is 21.5. The van der Waals surface area contributed by atoms with E-state index in [1.807, 2.05) is 50.2 Å². The van der Waals surface area contributed by atoms with Crippen LogP contribution in [0.5, 0.6) is 5.75 Å². The van der Waals surface area contributed by atoms with Gasteiger partial charge >= 0.3 is 0 Å². The number of rotatable bonds is 6. The van der Waals surface area contributed by atoms with Gasteiger partial charge in [0.25, 0.3) is 11.8 Å². The summed E-state index contributed by atoms with van der Waals surface area (Å²) in [4.78, 5) is 28.3. The van der Waals surface area contributed by atoms with E-state index in [4.69, 9.17) is 16.3 Å². The third kappa shape index (κ3) is 3.92. The van der Waals surface area contributed by atoms with E-state index in [2.05, 4.69) is 5.32 Å². The SMILES string of the molecule is CCOc1ccccc1N1C(=O)C(Nc2cc(Cl)ccc2C)=C(c2ccccc2)C1=O. The quantitative estimate of drug-likeness (QED) is 0.526. The molecule has 2 amide bonds. The van der Waals surface area contributed by atoms with E-state index in [0.29, 0.717) is 39.9 Å². The fraction of sp³-hybridized carbons (Fsp3) is 0.120. The van der Waals surface area contributed by atoms with Crippen LogP contribution in [0.15, 0.2) is 78.5 Å². The zero-order chi connectivity index (χ0) is 22.0. The number of benzene rings is 3. The molecule has 0 fully saturated rings. The zero-order valence-corrected chi connectivity index (χ0v) is 17.9. The molecule has 6 heteroatoms. The second kappa shape index (κ2) is 8.66. The van der Waals surface area contributed by atoms with E-state index in [-0.39, 0.29) is 5.70 Å². The van der Waals surface area contributed by atoms with Crippen LogP contribution in [-0.2, 0) is 9.59 Å². The molecule has 0 spiro atoms. The van der Waals surface area contributed by atoms with Gasteiger partial charge in [-0.05, 0) is 49.2 Å². The third-order valence-corrected chi connectivity index (χ3v) is 5.25. The van der Waals surface area contributed by atoms with Crippen molar-refractivity contribution in [1.29, 1.82) is 0 Å². The molecule has 1 heterocycles. The highest BCUT2D eigenvalue weighted by molar-refractivity contribution is 6.46. The first kappa shape index (κ1) is 20.7. The van der Waals surface area contributed by atoms with E-state index in [1.54, 1.807) is 36.4 Å². The monoisotopic (exact) mass is 432 g/mol. The number of para-hydroxylation sites is 2. The number of halogens is 1. The second-order valence-corrected chi connectivity index (χ2v) is 7.48. The maximum absolute atomic E-state index is 13.6. The molecule has 0 aromatic heterocycles. The number of aryl methyl sites for hydroxylation is 1. The number of ether oxygens (including phenoxy) is 1. The van der Waals surface area contributed by atoms with Crippen molar-refractivity contribution in [2.24, 2.45) is 0 Å². The molecule has 4 rings (SSSR count). The molecular weight excluding hydrogens is 412 g/mol. The minimum atomic E-state index is -0.449. The summed E-state index contributed by atoms with van der Waals surface area (Å²) in [7, 11) is 0. The fourth-order valence-corrected chi connectivity index (χ4v) is 3.69. The van der Waals surface area contributed by atoms with Crippen LogP contribution >= 0.6 is 11.6 Å². The van der Waals surface area contributed by atoms with E-state index in [1.165, 1.54) is 0 Å². The Kier molecular flexibility index (Phi) is 5.78. The van der Waals surface area contributed by atoms with Crippen molar-refractivity contribution in [2.45, 2.75) is 13.8 Å². The van der Waals surface area contributed by atoms with Gasteiger partial charge in [0, 0.05) is 10.7 Å². The molecule has 3 aromatic rings. The van der Waals surface area contributed by atoms with E-state index in [9.17, 15) is 9.59 Å². The molecule has 0 saturated carbocycles. The number of hydrogen-bond acceptors (Lipinski definition) is 4. The van der Waals surface area contributed by atoms with Crippen LogP contribution in [0.2, 0.25) is 5.02 Å². The van der Waals surface area contributed by atoms with Crippen LogP contribution < -0.4 is 15.0 Å². The molecule has 0 unspecified atom stereocenters. The van der Waals surface area contributed by atoms with E-state index < -0.39 is 11.8 Å². The van der Waals surface area contributed by atoms with Crippen molar-refractivity contribution in [3.05, 3.63) is 94.6 Å². The third-order valence-electron chi connectivity index (χ3n) is 5.01. The lowest BCUT2D eigenvalue weighted by molar-refractivity contribution is -0.120. The largest absolute Gasteiger partial charge is 0.492 e. The van der Waals surface area contributed by atoms with Crippen molar-refractivity contribution in [3.8, 4) is 5.75 Å². The Morgan fingerprint density at radius 3 is 2.39 bits per heavy atom. The smallest absolute Gasteiger partial charge is 0.282 e. The normalized spacial score (nSPS) is 13.7. The van der Waals surface area contributed by atoms with Gasteiger partial charge in [0.15, 0.2) is 0 Å². The van der Waals surface area contributed by atoms with Gasteiger partial charge in [-0.3, -0.25) is 9.59 Å². The summed E-state index contributed by atoms with van der Waals surface area (Å²) in [5, 5.41) is 3.70. The van der Waals surface area contributed by atoms with Gasteiger partial charge < -0.3 is 10.1 Å². The lowest BCUT2D eigenvalue weighted by Gasteiger charge is -2.19. The Morgan fingerprint density at radius 1 is 0.935 bits per heavy atom. The molecule has 0 atom stereocenters. The van der Waals surface area contributed by atoms with Crippen LogP contribution in [0.3, 0.4) is 0 Å².